The Morgan fingerprint density at radius 1 is 1.38 bits per heavy atom. The second-order valence-corrected chi connectivity index (χ2v) is 3.59. The summed E-state index contributed by atoms with van der Waals surface area (Å²) in [5.74, 6) is 0.483. The average Bonchev–Trinajstić information content (AvgIpc) is 2.08. The molecule has 0 fully saturated rings. The second kappa shape index (κ2) is 4.38. The summed E-state index contributed by atoms with van der Waals surface area (Å²) in [5, 5.41) is 0. The molecule has 0 aliphatic carbocycles. The van der Waals surface area contributed by atoms with Gasteiger partial charge in [-0.25, -0.2) is 0 Å². The highest BCUT2D eigenvalue weighted by molar-refractivity contribution is 5.22. The zero-order chi connectivity index (χ0) is 9.84. The number of methoxy groups -OCH3 is 1. The molecule has 0 aliphatic heterocycles. The van der Waals surface area contributed by atoms with Crippen LogP contribution >= 0.6 is 0 Å². The van der Waals surface area contributed by atoms with Gasteiger partial charge in [0.15, 0.2) is 0 Å². The number of hydrogen-bond donors (Lipinski definition) is 0. The maximum absolute atomic E-state index is 5.08. The molecular weight excluding hydrogens is 162 g/mol. The van der Waals surface area contributed by atoms with Gasteiger partial charge >= 0.3 is 0 Å². The molecule has 1 aromatic heterocycles. The minimum atomic E-state index is 0.483. The quantitative estimate of drug-likeness (QED) is 0.711. The van der Waals surface area contributed by atoms with Crippen molar-refractivity contribution in [2.75, 3.05) is 7.11 Å². The lowest BCUT2D eigenvalue weighted by Gasteiger charge is -2.09. The molecule has 72 valence electrons. The first-order valence-electron chi connectivity index (χ1n) is 4.60. The van der Waals surface area contributed by atoms with Gasteiger partial charge in [-0.2, -0.15) is 0 Å². The number of ether oxygens (including phenoxy) is 1. The van der Waals surface area contributed by atoms with Gasteiger partial charge < -0.3 is 4.74 Å². The summed E-state index contributed by atoms with van der Waals surface area (Å²) in [6.07, 6.45) is 0. The van der Waals surface area contributed by atoms with E-state index in [0.717, 1.165) is 11.4 Å². The van der Waals surface area contributed by atoms with E-state index in [1.807, 2.05) is 0 Å². The number of rotatable bonds is 3. The first-order chi connectivity index (χ1) is 6.15. The molecule has 0 radical (unpaired) electrons. The molecular formula is C11H17NO. The predicted molar refractivity (Wildman–Crippen MR) is 53.8 cm³/mol. The fraction of sp³-hybridized carbons (Fsp3) is 0.545. The van der Waals surface area contributed by atoms with Crippen molar-refractivity contribution >= 4 is 0 Å². The Labute approximate surface area is 80.0 Å². The van der Waals surface area contributed by atoms with Crippen LogP contribution in [0.5, 0.6) is 0 Å². The number of pyridine rings is 1. The van der Waals surface area contributed by atoms with E-state index in [1.165, 1.54) is 5.56 Å². The molecule has 0 atom stereocenters. The molecule has 13 heavy (non-hydrogen) atoms. The van der Waals surface area contributed by atoms with Crippen LogP contribution in [0.1, 0.15) is 36.7 Å². The van der Waals surface area contributed by atoms with Gasteiger partial charge in [0.25, 0.3) is 0 Å². The second-order valence-electron chi connectivity index (χ2n) is 3.59. The molecule has 0 amide bonds. The Kier molecular flexibility index (Phi) is 3.43. The van der Waals surface area contributed by atoms with Crippen LogP contribution < -0.4 is 0 Å². The lowest BCUT2D eigenvalue weighted by Crippen LogP contribution is -2.01. The Bertz CT molecular complexity index is 281. The normalized spacial score (nSPS) is 10.8. The van der Waals surface area contributed by atoms with E-state index in [1.54, 1.807) is 7.11 Å². The highest BCUT2D eigenvalue weighted by Gasteiger charge is 2.04. The van der Waals surface area contributed by atoms with Crippen molar-refractivity contribution in [1.82, 2.24) is 4.98 Å². The van der Waals surface area contributed by atoms with Crippen LogP contribution in [0.3, 0.4) is 0 Å². The highest BCUT2D eigenvalue weighted by Crippen LogP contribution is 2.14. The molecule has 2 nitrogen and oxygen atoms in total. The molecule has 0 unspecified atom stereocenters. The number of aromatic nitrogens is 1. The van der Waals surface area contributed by atoms with E-state index in [4.69, 9.17) is 4.74 Å². The SMILES string of the molecule is COCc1nc(C(C)C)ccc1C. The lowest BCUT2D eigenvalue weighted by molar-refractivity contribution is 0.180. The van der Waals surface area contributed by atoms with Crippen molar-refractivity contribution in [2.24, 2.45) is 0 Å². The molecule has 0 saturated heterocycles. The molecule has 0 aliphatic rings. The lowest BCUT2D eigenvalue weighted by atomic mass is 10.1. The third-order valence-corrected chi connectivity index (χ3v) is 2.10. The largest absolute Gasteiger partial charge is 0.378 e. The van der Waals surface area contributed by atoms with E-state index in [0.29, 0.717) is 12.5 Å². The van der Waals surface area contributed by atoms with Crippen molar-refractivity contribution < 1.29 is 4.74 Å². The Hall–Kier alpha value is -0.890. The monoisotopic (exact) mass is 179 g/mol. The minimum Gasteiger partial charge on any atom is -0.378 e. The van der Waals surface area contributed by atoms with Crippen molar-refractivity contribution in [3.8, 4) is 0 Å². The van der Waals surface area contributed by atoms with Crippen LogP contribution in [0.4, 0.5) is 0 Å². The Morgan fingerprint density at radius 3 is 2.62 bits per heavy atom. The van der Waals surface area contributed by atoms with Gasteiger partial charge in [0.05, 0.1) is 12.3 Å². The van der Waals surface area contributed by atoms with Gasteiger partial charge in [0.1, 0.15) is 0 Å². The topological polar surface area (TPSA) is 22.1 Å². The first-order valence-corrected chi connectivity index (χ1v) is 4.60. The van der Waals surface area contributed by atoms with Crippen LogP contribution in [0.2, 0.25) is 0 Å². The van der Waals surface area contributed by atoms with E-state index in [2.05, 4.69) is 37.9 Å². The van der Waals surface area contributed by atoms with Gasteiger partial charge in [-0.15, -0.1) is 0 Å². The zero-order valence-corrected chi connectivity index (χ0v) is 8.79. The third kappa shape index (κ3) is 2.52. The van der Waals surface area contributed by atoms with Crippen LogP contribution in [-0.4, -0.2) is 12.1 Å². The molecule has 0 N–H and O–H groups in total. The Balaban J connectivity index is 2.97. The molecule has 0 spiro atoms. The van der Waals surface area contributed by atoms with Crippen LogP contribution in [0, 0.1) is 6.92 Å². The van der Waals surface area contributed by atoms with E-state index in [-0.39, 0.29) is 0 Å². The zero-order valence-electron chi connectivity index (χ0n) is 8.79. The predicted octanol–water partition coefficient (Wildman–Crippen LogP) is 2.66. The number of aryl methyl sites for hydroxylation is 1. The summed E-state index contributed by atoms with van der Waals surface area (Å²) in [7, 11) is 1.70. The van der Waals surface area contributed by atoms with Crippen LogP contribution in [0.25, 0.3) is 0 Å². The summed E-state index contributed by atoms with van der Waals surface area (Å²) < 4.78 is 5.08. The average molecular weight is 179 g/mol. The smallest absolute Gasteiger partial charge is 0.0886 e. The van der Waals surface area contributed by atoms with Crippen molar-refractivity contribution in [2.45, 2.75) is 33.3 Å². The maximum Gasteiger partial charge on any atom is 0.0886 e. The van der Waals surface area contributed by atoms with Crippen molar-refractivity contribution in [3.05, 3.63) is 29.1 Å². The molecule has 1 rings (SSSR count). The summed E-state index contributed by atoms with van der Waals surface area (Å²) in [5.41, 5.74) is 3.39. The summed E-state index contributed by atoms with van der Waals surface area (Å²) >= 11 is 0. The molecule has 0 saturated carbocycles. The Morgan fingerprint density at radius 2 is 2.08 bits per heavy atom. The van der Waals surface area contributed by atoms with Gasteiger partial charge in [-0.05, 0) is 24.5 Å². The number of hydrogen-bond acceptors (Lipinski definition) is 2. The molecule has 1 heterocycles. The molecule has 0 bridgehead atoms. The fourth-order valence-electron chi connectivity index (χ4n) is 1.19. The third-order valence-electron chi connectivity index (χ3n) is 2.10. The first kappa shape index (κ1) is 10.2. The van der Waals surface area contributed by atoms with Gasteiger partial charge in [-0.3, -0.25) is 4.98 Å². The minimum absolute atomic E-state index is 0.483. The molecule has 2 heteroatoms. The number of nitrogens with zero attached hydrogens (tertiary/aromatic N) is 1. The van der Waals surface area contributed by atoms with E-state index >= 15 is 0 Å². The molecule has 1 aromatic rings. The van der Waals surface area contributed by atoms with E-state index in [9.17, 15) is 0 Å². The fourth-order valence-corrected chi connectivity index (χ4v) is 1.19. The maximum atomic E-state index is 5.08. The van der Waals surface area contributed by atoms with Crippen molar-refractivity contribution in [3.63, 3.8) is 0 Å². The highest BCUT2D eigenvalue weighted by atomic mass is 16.5. The standard InChI is InChI=1S/C11H17NO/c1-8(2)10-6-5-9(3)11(12-10)7-13-4/h5-6,8H,7H2,1-4H3. The van der Waals surface area contributed by atoms with Crippen LogP contribution in [-0.2, 0) is 11.3 Å². The van der Waals surface area contributed by atoms with Crippen LogP contribution in [0.15, 0.2) is 12.1 Å². The molecule has 0 aromatic carbocycles. The van der Waals surface area contributed by atoms with E-state index < -0.39 is 0 Å². The summed E-state index contributed by atoms with van der Waals surface area (Å²) in [4.78, 5) is 4.54. The summed E-state index contributed by atoms with van der Waals surface area (Å²) in [6, 6.07) is 4.19. The van der Waals surface area contributed by atoms with Gasteiger partial charge in [0, 0.05) is 12.8 Å². The van der Waals surface area contributed by atoms with Gasteiger partial charge in [-0.1, -0.05) is 19.9 Å². The van der Waals surface area contributed by atoms with Gasteiger partial charge in [0.2, 0.25) is 0 Å². The summed E-state index contributed by atoms with van der Waals surface area (Å²) in [6.45, 7) is 6.96. The van der Waals surface area contributed by atoms with Crippen molar-refractivity contribution in [1.29, 1.82) is 0 Å².